The van der Waals surface area contributed by atoms with Gasteiger partial charge in [0.25, 0.3) is 0 Å². The molecule has 0 unspecified atom stereocenters. The van der Waals surface area contributed by atoms with E-state index in [0.29, 0.717) is 0 Å². The van der Waals surface area contributed by atoms with Crippen molar-refractivity contribution in [3.05, 3.63) is 48.7 Å². The zero-order chi connectivity index (χ0) is 7.40. The summed E-state index contributed by atoms with van der Waals surface area (Å²) in [5.41, 5.74) is 1.88. The Hall–Kier alpha value is -1.11. The van der Waals surface area contributed by atoms with Crippen LogP contribution in [0.1, 0.15) is 11.1 Å². The Morgan fingerprint density at radius 2 is 1.80 bits per heavy atom. The van der Waals surface area contributed by atoms with Crippen LogP contribution in [0, 0.1) is 13.3 Å². The van der Waals surface area contributed by atoms with Gasteiger partial charge >= 0.3 is 0 Å². The highest BCUT2D eigenvalue weighted by Gasteiger charge is 1.88. The van der Waals surface area contributed by atoms with Crippen molar-refractivity contribution in [1.29, 1.82) is 0 Å². The van der Waals surface area contributed by atoms with Gasteiger partial charge in [0.2, 0.25) is 0 Å². The van der Waals surface area contributed by atoms with Crippen LogP contribution in [-0.2, 0) is 4.79 Å². The average Bonchev–Trinajstić information content (AvgIpc) is 1.95. The molecule has 1 heteroatoms. The minimum atomic E-state index is 0.776. The molecule has 1 aromatic carbocycles. The molecule has 0 aromatic heterocycles. The molecule has 1 nitrogen and oxygen atoms in total. The largest absolute Gasteiger partial charge is 0.303 e. The lowest BCUT2D eigenvalue weighted by atomic mass is 10.1. The summed E-state index contributed by atoms with van der Waals surface area (Å²) in [4.78, 5) is 9.99. The summed E-state index contributed by atoms with van der Waals surface area (Å²) < 4.78 is 0. The Labute approximate surface area is 60.7 Å². The second kappa shape index (κ2) is 3.16. The van der Waals surface area contributed by atoms with Gasteiger partial charge in [-0.3, -0.25) is 0 Å². The first-order chi connectivity index (χ1) is 4.83. The van der Waals surface area contributed by atoms with Crippen LogP contribution in [0.15, 0.2) is 24.3 Å². The Balaban J connectivity index is 2.78. The van der Waals surface area contributed by atoms with Crippen LogP contribution in [0.25, 0.3) is 0 Å². The molecular weight excluding hydrogens is 124 g/mol. The molecule has 0 atom stereocenters. The van der Waals surface area contributed by atoms with Gasteiger partial charge in [0.1, 0.15) is 6.29 Å². The molecule has 0 bridgehead atoms. The highest BCUT2D eigenvalue weighted by molar-refractivity contribution is 5.67. The van der Waals surface area contributed by atoms with E-state index in [0.717, 1.165) is 17.4 Å². The number of rotatable bonds is 2. The van der Waals surface area contributed by atoms with Gasteiger partial charge in [-0.1, -0.05) is 24.3 Å². The second-order valence-corrected chi connectivity index (χ2v) is 2.04. The van der Waals surface area contributed by atoms with E-state index in [1.165, 1.54) is 6.42 Å². The van der Waals surface area contributed by atoms with Crippen molar-refractivity contribution in [1.82, 2.24) is 0 Å². The Bertz CT molecular complexity index is 211. The van der Waals surface area contributed by atoms with Crippen LogP contribution in [-0.4, -0.2) is 6.29 Å². The number of carbonyl (C=O) groups excluding carboxylic acids is 1. The minimum Gasteiger partial charge on any atom is -0.303 e. The number of benzene rings is 1. The molecule has 0 amide bonds. The number of aldehydes is 1. The Morgan fingerprint density at radius 1 is 1.20 bits per heavy atom. The van der Waals surface area contributed by atoms with Gasteiger partial charge < -0.3 is 4.79 Å². The van der Waals surface area contributed by atoms with E-state index in [1.54, 1.807) is 0 Å². The predicted molar refractivity (Wildman–Crippen MR) is 40.4 cm³/mol. The highest BCUT2D eigenvalue weighted by atomic mass is 16.1. The topological polar surface area (TPSA) is 17.1 Å². The molecule has 0 heterocycles. The van der Waals surface area contributed by atoms with E-state index in [9.17, 15) is 4.79 Å². The summed E-state index contributed by atoms with van der Waals surface area (Å²) in [6.45, 7) is 3.72. The molecule has 1 rings (SSSR count). The molecule has 0 aliphatic heterocycles. The van der Waals surface area contributed by atoms with E-state index in [-0.39, 0.29) is 0 Å². The zero-order valence-corrected chi connectivity index (χ0v) is 5.58. The molecule has 0 spiro atoms. The summed E-state index contributed by atoms with van der Waals surface area (Å²) >= 11 is 0. The molecule has 0 saturated heterocycles. The van der Waals surface area contributed by atoms with E-state index in [1.807, 2.05) is 24.3 Å². The lowest BCUT2D eigenvalue weighted by Gasteiger charge is -1.93. The third kappa shape index (κ3) is 1.69. The summed E-state index contributed by atoms with van der Waals surface area (Å²) in [5, 5.41) is 0. The molecule has 0 N–H and O–H groups in total. The summed E-state index contributed by atoms with van der Waals surface area (Å²) in [6, 6.07) is 7.46. The smallest absolute Gasteiger partial charge is 0.128 e. The van der Waals surface area contributed by atoms with E-state index in [2.05, 4.69) is 6.92 Å². The predicted octanol–water partition coefficient (Wildman–Crippen LogP) is 1.62. The van der Waals surface area contributed by atoms with Gasteiger partial charge in [0.05, 0.1) is 6.42 Å². The maximum atomic E-state index is 9.99. The first-order valence-corrected chi connectivity index (χ1v) is 3.03. The van der Waals surface area contributed by atoms with Crippen LogP contribution in [0.2, 0.25) is 0 Å². The molecule has 50 valence electrons. The molecule has 0 fully saturated rings. The molecule has 2 radical (unpaired) electrons. The maximum absolute atomic E-state index is 9.99. The average molecular weight is 132 g/mol. The fourth-order valence-corrected chi connectivity index (χ4v) is 0.707. The van der Waals surface area contributed by atoms with Crippen molar-refractivity contribution >= 4 is 6.29 Å². The highest BCUT2D eigenvalue weighted by Crippen LogP contribution is 2.03. The third-order valence-corrected chi connectivity index (χ3v) is 1.24. The van der Waals surface area contributed by atoms with Crippen LogP contribution in [0.3, 0.4) is 0 Å². The third-order valence-electron chi connectivity index (χ3n) is 1.24. The van der Waals surface area contributed by atoms with Crippen molar-refractivity contribution in [2.75, 3.05) is 0 Å². The van der Waals surface area contributed by atoms with Gasteiger partial charge in [0, 0.05) is 0 Å². The lowest BCUT2D eigenvalue weighted by Crippen LogP contribution is -1.81. The van der Waals surface area contributed by atoms with E-state index in [4.69, 9.17) is 0 Å². The van der Waals surface area contributed by atoms with Crippen molar-refractivity contribution in [3.8, 4) is 0 Å². The van der Waals surface area contributed by atoms with Gasteiger partial charge in [-0.15, -0.1) is 0 Å². The zero-order valence-electron chi connectivity index (χ0n) is 5.58. The van der Waals surface area contributed by atoms with Crippen LogP contribution in [0.5, 0.6) is 0 Å². The number of carbonyl (C=O) groups is 1. The van der Waals surface area contributed by atoms with Gasteiger partial charge in [-0.05, 0) is 18.1 Å². The fourth-order valence-electron chi connectivity index (χ4n) is 0.707. The van der Waals surface area contributed by atoms with E-state index >= 15 is 0 Å². The lowest BCUT2D eigenvalue weighted by molar-refractivity contribution is -0.104. The summed E-state index contributed by atoms with van der Waals surface area (Å²) in [7, 11) is 0. The van der Waals surface area contributed by atoms with Gasteiger partial charge in [-0.2, -0.15) is 0 Å². The van der Waals surface area contributed by atoms with Crippen molar-refractivity contribution in [3.63, 3.8) is 0 Å². The molecule has 10 heavy (non-hydrogen) atoms. The van der Waals surface area contributed by atoms with Crippen molar-refractivity contribution in [2.24, 2.45) is 0 Å². The molecule has 1 aromatic rings. The van der Waals surface area contributed by atoms with Crippen molar-refractivity contribution in [2.45, 2.75) is 0 Å². The number of hydrogen-bond acceptors (Lipinski definition) is 1. The van der Waals surface area contributed by atoms with Gasteiger partial charge in [-0.25, -0.2) is 0 Å². The van der Waals surface area contributed by atoms with Crippen molar-refractivity contribution < 1.29 is 4.79 Å². The Morgan fingerprint density at radius 3 is 2.30 bits per heavy atom. The Kier molecular flexibility index (Phi) is 2.21. The first kappa shape index (κ1) is 7.00. The molecule has 0 aliphatic rings. The monoisotopic (exact) mass is 132 g/mol. The summed E-state index contributed by atoms with van der Waals surface area (Å²) in [5.74, 6) is 0. The minimum absolute atomic E-state index is 0.776. The van der Waals surface area contributed by atoms with Crippen LogP contribution >= 0.6 is 0 Å². The normalized spacial score (nSPS) is 9.30. The van der Waals surface area contributed by atoms with Crippen LogP contribution < -0.4 is 0 Å². The SMILES string of the molecule is [CH2]c1ccc([CH]C=O)cc1. The summed E-state index contributed by atoms with van der Waals surface area (Å²) in [6.07, 6.45) is 2.29. The molecular formula is C9H8O. The van der Waals surface area contributed by atoms with Gasteiger partial charge in [0.15, 0.2) is 0 Å². The second-order valence-electron chi connectivity index (χ2n) is 2.04. The fraction of sp³-hybridized carbons (Fsp3) is 0. The maximum Gasteiger partial charge on any atom is 0.128 e. The standard InChI is InChI=1S/C9H8O/c1-8-2-4-9(5-3-8)6-7-10/h2-7H,1H2. The first-order valence-electron chi connectivity index (χ1n) is 3.03. The number of hydrogen-bond donors (Lipinski definition) is 0. The molecule has 0 aliphatic carbocycles. The quantitative estimate of drug-likeness (QED) is 0.559. The molecule has 0 saturated carbocycles. The van der Waals surface area contributed by atoms with Crippen LogP contribution in [0.4, 0.5) is 0 Å². The van der Waals surface area contributed by atoms with E-state index < -0.39 is 0 Å².